The van der Waals surface area contributed by atoms with Gasteiger partial charge in [-0.2, -0.15) is 0 Å². The number of aliphatic carboxylic acids is 1. The van der Waals surface area contributed by atoms with Crippen molar-refractivity contribution in [3.8, 4) is 11.3 Å². The molecule has 1 unspecified atom stereocenters. The molecule has 0 aliphatic carbocycles. The van der Waals surface area contributed by atoms with Crippen molar-refractivity contribution >= 4 is 36.8 Å². The number of carboxylic acid groups (broad SMARTS) is 1. The summed E-state index contributed by atoms with van der Waals surface area (Å²) < 4.78 is 11.0. The molecule has 0 spiro atoms. The molecule has 1 aromatic carbocycles. The number of carbonyl (C=O) groups is 5. The van der Waals surface area contributed by atoms with Gasteiger partial charge in [-0.05, 0) is 31.4 Å². The third-order valence-electron chi connectivity index (χ3n) is 6.62. The Morgan fingerprint density at radius 1 is 1.05 bits per heavy atom. The molecule has 4 atom stereocenters. The van der Waals surface area contributed by atoms with E-state index in [0.717, 1.165) is 5.56 Å². The molecule has 42 heavy (non-hydrogen) atoms. The Bertz CT molecular complexity index is 1310. The van der Waals surface area contributed by atoms with Gasteiger partial charge >= 0.3 is 13.1 Å². The zero-order chi connectivity index (χ0) is 31.0. The average molecular weight is 582 g/mol. The second-order valence-corrected chi connectivity index (χ2v) is 10.5. The number of benzene rings is 1. The first-order chi connectivity index (χ1) is 19.8. The molecule has 13 nitrogen and oxygen atoms in total. The number of hydrogen-bond acceptors (Lipinski definition) is 9. The lowest BCUT2D eigenvalue weighted by atomic mass is 9.70. The monoisotopic (exact) mass is 582 g/mol. The van der Waals surface area contributed by atoms with Crippen LogP contribution < -0.4 is 16.0 Å². The lowest BCUT2D eigenvalue weighted by Gasteiger charge is -2.38. The second kappa shape index (κ2) is 14.1. The normalized spacial score (nSPS) is 18.8. The van der Waals surface area contributed by atoms with Crippen molar-refractivity contribution < 1.29 is 43.5 Å². The summed E-state index contributed by atoms with van der Waals surface area (Å²) in [5, 5.41) is 27.7. The van der Waals surface area contributed by atoms with E-state index < -0.39 is 73.3 Å². The number of aliphatic hydroxyl groups is 1. The van der Waals surface area contributed by atoms with Crippen molar-refractivity contribution in [1.29, 1.82) is 0 Å². The Morgan fingerprint density at radius 3 is 2.33 bits per heavy atom. The molecule has 1 fully saturated rings. The van der Waals surface area contributed by atoms with E-state index in [-0.39, 0.29) is 18.0 Å². The fourth-order valence-electron chi connectivity index (χ4n) is 4.48. The number of hydrogen-bond donors (Lipinski definition) is 5. The summed E-state index contributed by atoms with van der Waals surface area (Å²) in [6.07, 6.45) is -2.56. The number of amides is 3. The molecule has 0 saturated carbocycles. The predicted molar refractivity (Wildman–Crippen MR) is 151 cm³/mol. The Kier molecular flexibility index (Phi) is 10.8. The molecule has 3 rings (SSSR count). The summed E-state index contributed by atoms with van der Waals surface area (Å²) in [6, 6.07) is 12.6. The molecular formula is C28H35BN4O9. The number of aliphatic hydroxyl groups excluding tert-OH is 1. The molecule has 0 radical (unpaired) electrons. The molecular weight excluding hydrogens is 547 g/mol. The van der Waals surface area contributed by atoms with Crippen LogP contribution in [0.4, 0.5) is 0 Å². The van der Waals surface area contributed by atoms with Gasteiger partial charge in [0.1, 0.15) is 11.7 Å². The number of carboxylic acids is 1. The van der Waals surface area contributed by atoms with Gasteiger partial charge in [-0.15, -0.1) is 0 Å². The molecule has 2 aromatic rings. The maximum atomic E-state index is 13.4. The fourth-order valence-corrected chi connectivity index (χ4v) is 4.48. The first-order valence-corrected chi connectivity index (χ1v) is 13.5. The molecule has 1 aromatic heterocycles. The van der Waals surface area contributed by atoms with Gasteiger partial charge in [0.15, 0.2) is 5.60 Å². The molecule has 224 valence electrons. The quantitative estimate of drug-likeness (QED) is 0.223. The molecule has 14 heteroatoms. The maximum Gasteiger partial charge on any atom is 0.552 e. The van der Waals surface area contributed by atoms with Crippen molar-refractivity contribution in [2.45, 2.75) is 63.7 Å². The Morgan fingerprint density at radius 2 is 1.74 bits per heavy atom. The molecule has 5 N–H and O–H groups in total. The highest BCUT2D eigenvalue weighted by Crippen LogP contribution is 2.30. The molecule has 1 aliphatic rings. The van der Waals surface area contributed by atoms with Crippen LogP contribution in [-0.2, 0) is 28.5 Å². The minimum atomic E-state index is -2.21. The predicted octanol–water partition coefficient (Wildman–Crippen LogP) is 0.709. The Balaban J connectivity index is 1.82. The van der Waals surface area contributed by atoms with Crippen molar-refractivity contribution in [1.82, 2.24) is 20.9 Å². The van der Waals surface area contributed by atoms with Gasteiger partial charge in [-0.1, -0.05) is 50.2 Å². The first kappa shape index (κ1) is 32.2. The molecule has 1 aliphatic heterocycles. The van der Waals surface area contributed by atoms with Crippen molar-refractivity contribution in [2.24, 2.45) is 5.92 Å². The van der Waals surface area contributed by atoms with Crippen LogP contribution in [-0.4, -0.2) is 82.7 Å². The van der Waals surface area contributed by atoms with E-state index in [1.54, 1.807) is 12.1 Å². The van der Waals surface area contributed by atoms with E-state index in [4.69, 9.17) is 9.31 Å². The lowest BCUT2D eigenvalue weighted by Crippen LogP contribution is -2.63. The second-order valence-electron chi connectivity index (χ2n) is 10.5. The van der Waals surface area contributed by atoms with Crippen LogP contribution in [0.3, 0.4) is 0 Å². The summed E-state index contributed by atoms with van der Waals surface area (Å²) in [6.45, 7) is 4.95. The fraction of sp³-hybridized carbons (Fsp3) is 0.429. The van der Waals surface area contributed by atoms with E-state index in [1.807, 2.05) is 44.2 Å². The standard InChI is InChI=1S/C28H35BN4O9/c1-16(2)13-21(29-41-23(36)15-28(42-29,27(39)40)14-22(35)30-4)32-26(38)24(17(3)34)33-25(37)20-12-8-11-19(31-20)18-9-6-5-7-10-18/h5-12,16-17,21,24,34H,13-15H2,1-4H3,(H,30,35)(H,32,38)(H,33,37)(H,39,40)/t17-,21+,24+,28?/m1/s1. The number of nitrogens with one attached hydrogen (secondary N) is 3. The van der Waals surface area contributed by atoms with Crippen molar-refractivity contribution in [3.63, 3.8) is 0 Å². The van der Waals surface area contributed by atoms with Crippen LogP contribution in [0.15, 0.2) is 48.5 Å². The number of nitrogens with zero attached hydrogens (tertiary/aromatic N) is 1. The van der Waals surface area contributed by atoms with Gasteiger partial charge in [0.2, 0.25) is 11.8 Å². The van der Waals surface area contributed by atoms with Gasteiger partial charge in [-0.3, -0.25) is 19.2 Å². The zero-order valence-electron chi connectivity index (χ0n) is 23.8. The van der Waals surface area contributed by atoms with Crippen LogP contribution in [0.1, 0.15) is 50.5 Å². The van der Waals surface area contributed by atoms with Crippen molar-refractivity contribution in [3.05, 3.63) is 54.2 Å². The van der Waals surface area contributed by atoms with Crippen LogP contribution in [0.25, 0.3) is 11.3 Å². The SMILES string of the molecule is CNC(=O)CC1(C(=O)O)CC(=O)OB([C@H](CC(C)C)NC(=O)[C@@H](NC(=O)c2cccc(-c3ccccc3)n2)[C@@H](C)O)O1. The average Bonchev–Trinajstić information content (AvgIpc) is 2.95. The minimum absolute atomic E-state index is 0.0125. The van der Waals surface area contributed by atoms with E-state index >= 15 is 0 Å². The molecule has 0 bridgehead atoms. The highest BCUT2D eigenvalue weighted by Gasteiger charge is 2.54. The maximum absolute atomic E-state index is 13.4. The molecule has 1 saturated heterocycles. The third-order valence-corrected chi connectivity index (χ3v) is 6.62. The van der Waals surface area contributed by atoms with Gasteiger partial charge in [0, 0.05) is 12.6 Å². The van der Waals surface area contributed by atoms with Crippen LogP contribution in [0.2, 0.25) is 0 Å². The third kappa shape index (κ3) is 8.14. The van der Waals surface area contributed by atoms with Crippen LogP contribution in [0.5, 0.6) is 0 Å². The smallest absolute Gasteiger partial charge is 0.508 e. The molecule has 2 heterocycles. The zero-order valence-corrected chi connectivity index (χ0v) is 23.8. The first-order valence-electron chi connectivity index (χ1n) is 13.5. The summed E-state index contributed by atoms with van der Waals surface area (Å²) in [4.78, 5) is 67.6. The van der Waals surface area contributed by atoms with Gasteiger partial charge in [-0.25, -0.2) is 9.78 Å². The largest absolute Gasteiger partial charge is 0.552 e. The van der Waals surface area contributed by atoms with Crippen molar-refractivity contribution in [2.75, 3.05) is 7.05 Å². The van der Waals surface area contributed by atoms with Gasteiger partial charge < -0.3 is 35.5 Å². The Labute approximate surface area is 243 Å². The lowest BCUT2D eigenvalue weighted by molar-refractivity contribution is -0.172. The summed E-state index contributed by atoms with van der Waals surface area (Å²) in [7, 11) is -0.246. The van der Waals surface area contributed by atoms with Gasteiger partial charge in [0.25, 0.3) is 11.9 Å². The number of pyridine rings is 1. The topological polar surface area (TPSA) is 193 Å². The number of rotatable bonds is 12. The van der Waals surface area contributed by atoms with E-state index in [2.05, 4.69) is 20.9 Å². The number of carbonyl (C=O) groups excluding carboxylic acids is 4. The summed E-state index contributed by atoms with van der Waals surface area (Å²) in [5.41, 5.74) is -0.885. The Hall–Kier alpha value is -4.30. The minimum Gasteiger partial charge on any atom is -0.508 e. The van der Waals surface area contributed by atoms with E-state index in [0.29, 0.717) is 5.69 Å². The van der Waals surface area contributed by atoms with Gasteiger partial charge in [0.05, 0.1) is 30.6 Å². The van der Waals surface area contributed by atoms with Crippen LogP contribution in [0, 0.1) is 5.92 Å². The molecule has 3 amide bonds. The van der Waals surface area contributed by atoms with E-state index in [9.17, 15) is 34.2 Å². The van der Waals surface area contributed by atoms with E-state index in [1.165, 1.54) is 20.0 Å². The summed E-state index contributed by atoms with van der Waals surface area (Å²) >= 11 is 0. The van der Waals surface area contributed by atoms with Crippen LogP contribution >= 0.6 is 0 Å². The summed E-state index contributed by atoms with van der Waals surface area (Å²) in [5.74, 6) is -5.86. The highest BCUT2D eigenvalue weighted by atomic mass is 16.6. The number of aromatic nitrogens is 1. The highest BCUT2D eigenvalue weighted by molar-refractivity contribution is 6.50.